The Hall–Kier alpha value is -2.47. The smallest absolute Gasteiger partial charge is 0.410 e. The lowest BCUT2D eigenvalue weighted by Crippen LogP contribution is -2.54. The summed E-state index contributed by atoms with van der Waals surface area (Å²) in [6.07, 6.45) is 1.88. The van der Waals surface area contributed by atoms with Crippen LogP contribution in [0.4, 0.5) is 13.6 Å². The predicted molar refractivity (Wildman–Crippen MR) is 99.5 cm³/mol. The lowest BCUT2D eigenvalue weighted by Gasteiger charge is -2.43. The molecule has 2 aromatic carbocycles. The van der Waals surface area contributed by atoms with E-state index in [1.54, 1.807) is 4.90 Å². The number of ether oxygens (including phenoxy) is 1. The highest BCUT2D eigenvalue weighted by molar-refractivity contribution is 5.69. The summed E-state index contributed by atoms with van der Waals surface area (Å²) in [5.74, 6) is -1.82. The van der Waals surface area contributed by atoms with Gasteiger partial charge in [-0.15, -0.1) is 0 Å². The number of benzene rings is 2. The summed E-state index contributed by atoms with van der Waals surface area (Å²) in [7, 11) is 0. The molecule has 1 N–H and O–H groups in total. The van der Waals surface area contributed by atoms with Crippen molar-refractivity contribution in [1.29, 1.82) is 0 Å². The van der Waals surface area contributed by atoms with Crippen molar-refractivity contribution < 1.29 is 23.4 Å². The number of hydrogen-bond donors (Lipinski definition) is 1. The SMILES string of the molecule is O=C(OCc1ccccc1)N1C2CCC1CC(O)(Cc1cccc(F)c1F)C2. The molecule has 4 nitrogen and oxygen atoms in total. The van der Waals surface area contributed by atoms with Gasteiger partial charge in [-0.25, -0.2) is 13.6 Å². The molecule has 2 bridgehead atoms. The maximum atomic E-state index is 14.0. The molecule has 2 saturated heterocycles. The van der Waals surface area contributed by atoms with Crippen LogP contribution in [0.1, 0.15) is 36.8 Å². The second-order valence-corrected chi connectivity index (χ2v) is 7.85. The molecular weight excluding hydrogens is 364 g/mol. The number of carbonyl (C=O) groups excluding carboxylic acids is 1. The minimum atomic E-state index is -1.16. The molecule has 0 spiro atoms. The molecule has 0 radical (unpaired) electrons. The van der Waals surface area contributed by atoms with Crippen molar-refractivity contribution >= 4 is 6.09 Å². The Labute approximate surface area is 162 Å². The van der Waals surface area contributed by atoms with E-state index in [1.807, 2.05) is 30.3 Å². The number of nitrogens with zero attached hydrogens (tertiary/aromatic N) is 1. The van der Waals surface area contributed by atoms with Crippen LogP contribution in [-0.4, -0.2) is 33.8 Å². The first-order valence-corrected chi connectivity index (χ1v) is 9.59. The first kappa shape index (κ1) is 18.9. The van der Waals surface area contributed by atoms with Gasteiger partial charge in [-0.2, -0.15) is 0 Å². The van der Waals surface area contributed by atoms with Gasteiger partial charge in [-0.3, -0.25) is 0 Å². The number of piperidine rings is 1. The summed E-state index contributed by atoms with van der Waals surface area (Å²) < 4.78 is 33.0. The van der Waals surface area contributed by atoms with Gasteiger partial charge in [0.15, 0.2) is 11.6 Å². The third-order valence-electron chi connectivity index (χ3n) is 5.82. The molecule has 2 aliphatic heterocycles. The molecule has 0 aromatic heterocycles. The Morgan fingerprint density at radius 2 is 1.75 bits per heavy atom. The molecule has 0 aliphatic carbocycles. The molecule has 2 aliphatic rings. The van der Waals surface area contributed by atoms with Gasteiger partial charge in [-0.05, 0) is 42.9 Å². The monoisotopic (exact) mass is 387 g/mol. The molecule has 2 atom stereocenters. The number of halogens is 2. The molecule has 6 heteroatoms. The minimum absolute atomic E-state index is 0.0382. The van der Waals surface area contributed by atoms with Crippen LogP contribution in [0.5, 0.6) is 0 Å². The van der Waals surface area contributed by atoms with Gasteiger partial charge in [0.1, 0.15) is 6.61 Å². The lowest BCUT2D eigenvalue weighted by molar-refractivity contribution is -0.0490. The summed E-state index contributed by atoms with van der Waals surface area (Å²) in [5.41, 5.74) is -0.0725. The molecule has 2 fully saturated rings. The summed E-state index contributed by atoms with van der Waals surface area (Å²) in [6, 6.07) is 13.2. The standard InChI is InChI=1S/C22H23F2NO3/c23-19-8-4-7-16(20(19)24)11-22(27)12-17-9-10-18(13-22)25(17)21(26)28-14-15-5-2-1-3-6-15/h1-8,17-18,27H,9-14H2. The van der Waals surface area contributed by atoms with E-state index in [1.165, 1.54) is 12.1 Å². The Kier molecular flexibility index (Phi) is 5.06. The first-order valence-electron chi connectivity index (χ1n) is 9.59. The van der Waals surface area contributed by atoms with Crippen molar-refractivity contribution in [2.24, 2.45) is 0 Å². The second-order valence-electron chi connectivity index (χ2n) is 7.85. The summed E-state index contributed by atoms with van der Waals surface area (Å²) >= 11 is 0. The van der Waals surface area contributed by atoms with Gasteiger partial charge >= 0.3 is 6.09 Å². The zero-order valence-corrected chi connectivity index (χ0v) is 15.5. The number of hydrogen-bond acceptors (Lipinski definition) is 3. The van der Waals surface area contributed by atoms with Crippen LogP contribution < -0.4 is 0 Å². The van der Waals surface area contributed by atoms with Crippen LogP contribution in [0.25, 0.3) is 0 Å². The summed E-state index contributed by atoms with van der Waals surface area (Å²) in [5, 5.41) is 11.1. The highest BCUT2D eigenvalue weighted by atomic mass is 19.2. The number of aliphatic hydroxyl groups is 1. The molecule has 148 valence electrons. The molecule has 28 heavy (non-hydrogen) atoms. The zero-order valence-electron chi connectivity index (χ0n) is 15.5. The van der Waals surface area contributed by atoms with Gasteiger partial charge in [0.05, 0.1) is 5.60 Å². The molecule has 2 heterocycles. The van der Waals surface area contributed by atoms with Crippen molar-refractivity contribution in [1.82, 2.24) is 4.90 Å². The molecule has 4 rings (SSSR count). The van der Waals surface area contributed by atoms with Crippen LogP contribution in [0.3, 0.4) is 0 Å². The van der Waals surface area contributed by atoms with Gasteiger partial charge in [0.2, 0.25) is 0 Å². The molecule has 0 saturated carbocycles. The fourth-order valence-corrected chi connectivity index (χ4v) is 4.60. The van der Waals surface area contributed by atoms with Gasteiger partial charge in [0.25, 0.3) is 0 Å². The van der Waals surface area contributed by atoms with Crippen molar-refractivity contribution in [3.8, 4) is 0 Å². The van der Waals surface area contributed by atoms with Gasteiger partial charge in [-0.1, -0.05) is 42.5 Å². The van der Waals surface area contributed by atoms with Crippen LogP contribution in [0.2, 0.25) is 0 Å². The van der Waals surface area contributed by atoms with E-state index in [2.05, 4.69) is 0 Å². The van der Waals surface area contributed by atoms with Crippen LogP contribution in [-0.2, 0) is 17.8 Å². The first-order chi connectivity index (χ1) is 13.5. The van der Waals surface area contributed by atoms with Crippen molar-refractivity contribution in [3.05, 3.63) is 71.3 Å². The maximum absolute atomic E-state index is 14.0. The quantitative estimate of drug-likeness (QED) is 0.855. The van der Waals surface area contributed by atoms with Crippen LogP contribution in [0, 0.1) is 11.6 Å². The highest BCUT2D eigenvalue weighted by Crippen LogP contribution is 2.42. The van der Waals surface area contributed by atoms with Crippen molar-refractivity contribution in [3.63, 3.8) is 0 Å². The predicted octanol–water partition coefficient (Wildman–Crippen LogP) is 4.20. The Balaban J connectivity index is 1.42. The zero-order chi connectivity index (χ0) is 19.7. The topological polar surface area (TPSA) is 49.8 Å². The van der Waals surface area contributed by atoms with Crippen molar-refractivity contribution in [2.45, 2.75) is 56.4 Å². The highest BCUT2D eigenvalue weighted by Gasteiger charge is 2.50. The fourth-order valence-electron chi connectivity index (χ4n) is 4.60. The van der Waals surface area contributed by atoms with E-state index in [0.717, 1.165) is 24.5 Å². The van der Waals surface area contributed by atoms with Crippen molar-refractivity contribution in [2.75, 3.05) is 0 Å². The third-order valence-corrected chi connectivity index (χ3v) is 5.82. The second kappa shape index (κ2) is 7.51. The number of carbonyl (C=O) groups is 1. The van der Waals surface area contributed by atoms with E-state index in [-0.39, 0.29) is 36.8 Å². The van der Waals surface area contributed by atoms with E-state index in [9.17, 15) is 18.7 Å². The number of fused-ring (bicyclic) bond motifs is 2. The van der Waals surface area contributed by atoms with Crippen LogP contribution >= 0.6 is 0 Å². The lowest BCUT2D eigenvalue weighted by atomic mass is 9.81. The summed E-state index contributed by atoms with van der Waals surface area (Å²) in [6.45, 7) is 0.203. The number of rotatable bonds is 4. The van der Waals surface area contributed by atoms with Crippen LogP contribution in [0.15, 0.2) is 48.5 Å². The third kappa shape index (κ3) is 3.74. The maximum Gasteiger partial charge on any atom is 0.410 e. The Morgan fingerprint density at radius 3 is 2.43 bits per heavy atom. The largest absolute Gasteiger partial charge is 0.445 e. The van der Waals surface area contributed by atoms with E-state index in [4.69, 9.17) is 4.74 Å². The normalized spacial score (nSPS) is 26.3. The minimum Gasteiger partial charge on any atom is -0.445 e. The van der Waals surface area contributed by atoms with Gasteiger partial charge < -0.3 is 14.7 Å². The molecule has 1 amide bonds. The van der Waals surface area contributed by atoms with E-state index in [0.29, 0.717) is 12.8 Å². The molecule has 2 aromatic rings. The Bertz CT molecular complexity index is 844. The number of amides is 1. The fraction of sp³-hybridized carbons (Fsp3) is 0.409. The molecular formula is C22H23F2NO3. The summed E-state index contributed by atoms with van der Waals surface area (Å²) in [4.78, 5) is 14.3. The Morgan fingerprint density at radius 1 is 1.07 bits per heavy atom. The van der Waals surface area contributed by atoms with E-state index >= 15 is 0 Å². The average Bonchev–Trinajstić information content (AvgIpc) is 2.97. The average molecular weight is 387 g/mol. The molecule has 2 unspecified atom stereocenters. The van der Waals surface area contributed by atoms with Gasteiger partial charge in [0, 0.05) is 18.5 Å². The van der Waals surface area contributed by atoms with E-state index < -0.39 is 17.2 Å².